The topological polar surface area (TPSA) is 25.2 Å². The molecule has 0 bridgehead atoms. The molecule has 0 fully saturated rings. The van der Waals surface area contributed by atoms with Gasteiger partial charge in [-0.2, -0.15) is 11.8 Å². The Kier molecular flexibility index (Phi) is 3.52. The number of thioether (sulfide) groups is 1. The first-order valence-electron chi connectivity index (χ1n) is 3.58. The van der Waals surface area contributed by atoms with Gasteiger partial charge in [0.05, 0.1) is 12.3 Å². The van der Waals surface area contributed by atoms with Crippen molar-refractivity contribution in [1.82, 2.24) is 5.32 Å². The molecule has 3 heteroatoms. The van der Waals surface area contributed by atoms with E-state index in [9.17, 15) is 0 Å². The first kappa shape index (κ1) is 8.68. The molecular weight excluding hydrogens is 158 g/mol. The Labute approximate surface area is 71.4 Å². The third-order valence-electron chi connectivity index (χ3n) is 1.57. The van der Waals surface area contributed by atoms with Crippen LogP contribution in [0.4, 0.5) is 0 Å². The monoisotopic (exact) mass is 171 g/mol. The van der Waals surface area contributed by atoms with E-state index in [1.54, 1.807) is 6.26 Å². The van der Waals surface area contributed by atoms with Crippen LogP contribution in [-0.2, 0) is 0 Å². The van der Waals surface area contributed by atoms with Crippen molar-refractivity contribution < 1.29 is 4.42 Å². The highest BCUT2D eigenvalue weighted by atomic mass is 32.2. The van der Waals surface area contributed by atoms with Gasteiger partial charge >= 0.3 is 0 Å². The van der Waals surface area contributed by atoms with Crippen LogP contribution in [0, 0.1) is 0 Å². The average Bonchev–Trinajstić information content (AvgIpc) is 2.52. The Hall–Kier alpha value is -0.410. The Morgan fingerprint density at radius 3 is 3.00 bits per heavy atom. The molecule has 1 unspecified atom stereocenters. The smallest absolute Gasteiger partial charge is 0.121 e. The molecule has 0 saturated carbocycles. The number of hydrogen-bond donors (Lipinski definition) is 1. The van der Waals surface area contributed by atoms with E-state index in [1.807, 2.05) is 30.9 Å². The van der Waals surface area contributed by atoms with Gasteiger partial charge in [0.1, 0.15) is 5.76 Å². The lowest BCUT2D eigenvalue weighted by Crippen LogP contribution is -2.17. The summed E-state index contributed by atoms with van der Waals surface area (Å²) in [5.74, 6) is 2.06. The second-order valence-corrected chi connectivity index (χ2v) is 3.22. The third kappa shape index (κ3) is 2.27. The molecule has 0 radical (unpaired) electrons. The van der Waals surface area contributed by atoms with E-state index in [2.05, 4.69) is 11.6 Å². The molecule has 11 heavy (non-hydrogen) atoms. The van der Waals surface area contributed by atoms with E-state index < -0.39 is 0 Å². The molecule has 1 aromatic rings. The van der Waals surface area contributed by atoms with Crippen LogP contribution in [0.15, 0.2) is 22.8 Å². The van der Waals surface area contributed by atoms with Crippen molar-refractivity contribution in [3.05, 3.63) is 24.2 Å². The molecule has 0 aromatic carbocycles. The summed E-state index contributed by atoms with van der Waals surface area (Å²) in [6.45, 7) is 0. The summed E-state index contributed by atoms with van der Waals surface area (Å²) in [5, 5.41) is 3.19. The number of hydrogen-bond acceptors (Lipinski definition) is 3. The lowest BCUT2D eigenvalue weighted by molar-refractivity contribution is 0.453. The molecule has 1 N–H and O–H groups in total. The maximum absolute atomic E-state index is 5.26. The van der Waals surface area contributed by atoms with Gasteiger partial charge in [-0.25, -0.2) is 0 Å². The maximum atomic E-state index is 5.26. The highest BCUT2D eigenvalue weighted by molar-refractivity contribution is 7.98. The molecule has 62 valence electrons. The minimum atomic E-state index is 0.347. The van der Waals surface area contributed by atoms with Crippen molar-refractivity contribution in [3.8, 4) is 0 Å². The number of rotatable bonds is 4. The van der Waals surface area contributed by atoms with Crippen molar-refractivity contribution in [3.63, 3.8) is 0 Å². The molecule has 1 aromatic heterocycles. The Morgan fingerprint density at radius 1 is 1.73 bits per heavy atom. The molecule has 0 aliphatic heterocycles. The normalized spacial score (nSPS) is 13.3. The number of furan rings is 1. The van der Waals surface area contributed by atoms with Crippen LogP contribution in [-0.4, -0.2) is 19.1 Å². The number of nitrogens with one attached hydrogen (secondary N) is 1. The van der Waals surface area contributed by atoms with Crippen LogP contribution in [0.3, 0.4) is 0 Å². The van der Waals surface area contributed by atoms with Gasteiger partial charge in [-0.1, -0.05) is 0 Å². The van der Waals surface area contributed by atoms with E-state index >= 15 is 0 Å². The van der Waals surface area contributed by atoms with Crippen molar-refractivity contribution in [2.45, 2.75) is 6.04 Å². The van der Waals surface area contributed by atoms with Gasteiger partial charge < -0.3 is 9.73 Å². The molecule has 0 spiro atoms. The molecule has 0 aliphatic carbocycles. The molecule has 0 saturated heterocycles. The summed E-state index contributed by atoms with van der Waals surface area (Å²) >= 11 is 1.81. The van der Waals surface area contributed by atoms with E-state index in [0.29, 0.717) is 6.04 Å². The van der Waals surface area contributed by atoms with E-state index in [4.69, 9.17) is 4.42 Å². The molecule has 1 atom stereocenters. The van der Waals surface area contributed by atoms with Crippen molar-refractivity contribution in [2.24, 2.45) is 0 Å². The molecule has 2 nitrogen and oxygen atoms in total. The fraction of sp³-hybridized carbons (Fsp3) is 0.500. The molecule has 0 aliphatic rings. The standard InChI is InChI=1S/C8H13NOS/c1-9-7(6-11-2)8-4-3-5-10-8/h3-5,7,9H,6H2,1-2H3. The SMILES string of the molecule is CNC(CSC)c1ccco1. The van der Waals surface area contributed by atoms with Crippen LogP contribution in [0.1, 0.15) is 11.8 Å². The zero-order valence-electron chi connectivity index (χ0n) is 6.83. The predicted molar refractivity (Wildman–Crippen MR) is 48.9 cm³/mol. The van der Waals surface area contributed by atoms with Crippen molar-refractivity contribution in [1.29, 1.82) is 0 Å². The Balaban J connectivity index is 2.56. The average molecular weight is 171 g/mol. The van der Waals surface area contributed by atoms with Crippen molar-refractivity contribution in [2.75, 3.05) is 19.1 Å². The summed E-state index contributed by atoms with van der Waals surface area (Å²) in [4.78, 5) is 0. The zero-order valence-corrected chi connectivity index (χ0v) is 7.65. The highest BCUT2D eigenvalue weighted by Gasteiger charge is 2.09. The zero-order chi connectivity index (χ0) is 8.10. The second kappa shape index (κ2) is 4.46. The largest absolute Gasteiger partial charge is 0.468 e. The van der Waals surface area contributed by atoms with E-state index in [-0.39, 0.29) is 0 Å². The molecule has 1 rings (SSSR count). The van der Waals surface area contributed by atoms with Gasteiger partial charge in [0.15, 0.2) is 0 Å². The summed E-state index contributed by atoms with van der Waals surface area (Å²) in [5.41, 5.74) is 0. The van der Waals surface area contributed by atoms with Gasteiger partial charge in [-0.3, -0.25) is 0 Å². The third-order valence-corrected chi connectivity index (χ3v) is 2.24. The van der Waals surface area contributed by atoms with Crippen LogP contribution in [0.25, 0.3) is 0 Å². The second-order valence-electron chi connectivity index (χ2n) is 2.31. The lowest BCUT2D eigenvalue weighted by Gasteiger charge is -2.10. The first-order valence-corrected chi connectivity index (χ1v) is 4.97. The minimum absolute atomic E-state index is 0.347. The fourth-order valence-corrected chi connectivity index (χ4v) is 1.63. The summed E-state index contributed by atoms with van der Waals surface area (Å²) < 4.78 is 5.26. The minimum Gasteiger partial charge on any atom is -0.468 e. The van der Waals surface area contributed by atoms with Crippen LogP contribution >= 0.6 is 11.8 Å². The first-order chi connectivity index (χ1) is 5.38. The van der Waals surface area contributed by atoms with Gasteiger partial charge in [0.2, 0.25) is 0 Å². The van der Waals surface area contributed by atoms with Gasteiger partial charge in [0, 0.05) is 5.75 Å². The molecular formula is C8H13NOS. The molecule has 0 amide bonds. The van der Waals surface area contributed by atoms with E-state index in [1.165, 1.54) is 0 Å². The highest BCUT2D eigenvalue weighted by Crippen LogP contribution is 2.16. The van der Waals surface area contributed by atoms with E-state index in [0.717, 1.165) is 11.5 Å². The van der Waals surface area contributed by atoms with Gasteiger partial charge in [-0.15, -0.1) is 0 Å². The quantitative estimate of drug-likeness (QED) is 0.749. The van der Waals surface area contributed by atoms with Crippen molar-refractivity contribution >= 4 is 11.8 Å². The summed E-state index contributed by atoms with van der Waals surface area (Å²) in [7, 11) is 1.95. The van der Waals surface area contributed by atoms with Crippen LogP contribution in [0.2, 0.25) is 0 Å². The maximum Gasteiger partial charge on any atom is 0.121 e. The Morgan fingerprint density at radius 2 is 2.55 bits per heavy atom. The summed E-state index contributed by atoms with van der Waals surface area (Å²) in [6.07, 6.45) is 3.80. The lowest BCUT2D eigenvalue weighted by atomic mass is 10.2. The predicted octanol–water partition coefficient (Wildman–Crippen LogP) is 1.90. The van der Waals surface area contributed by atoms with Gasteiger partial charge in [0.25, 0.3) is 0 Å². The molecule has 1 heterocycles. The Bertz CT molecular complexity index is 186. The van der Waals surface area contributed by atoms with Crippen LogP contribution in [0.5, 0.6) is 0 Å². The van der Waals surface area contributed by atoms with Crippen LogP contribution < -0.4 is 5.32 Å². The van der Waals surface area contributed by atoms with Gasteiger partial charge in [-0.05, 0) is 25.4 Å². The summed E-state index contributed by atoms with van der Waals surface area (Å²) in [6, 6.07) is 4.26. The fourth-order valence-electron chi connectivity index (χ4n) is 0.964.